The van der Waals surface area contributed by atoms with E-state index in [1.54, 1.807) is 0 Å². The van der Waals surface area contributed by atoms with Crippen LogP contribution in [-0.4, -0.2) is 43.3 Å². The van der Waals surface area contributed by atoms with Gasteiger partial charge in [-0.3, -0.25) is 9.69 Å². The molecule has 0 N–H and O–H groups in total. The molecule has 1 heterocycles. The first-order chi connectivity index (χ1) is 11.4. The second-order valence-electron chi connectivity index (χ2n) is 6.34. The largest absolute Gasteiger partial charge is 0.465 e. The first-order valence-corrected chi connectivity index (χ1v) is 8.39. The van der Waals surface area contributed by atoms with Gasteiger partial charge in [0.15, 0.2) is 0 Å². The Morgan fingerprint density at radius 2 is 1.88 bits per heavy atom. The van der Waals surface area contributed by atoms with E-state index in [2.05, 4.69) is 0 Å². The van der Waals surface area contributed by atoms with Gasteiger partial charge in [-0.15, -0.1) is 0 Å². The molecular weight excluding hydrogens is 319 g/mol. The fraction of sp³-hybridized carbons (Fsp3) is 0.611. The zero-order valence-corrected chi connectivity index (χ0v) is 13.9. The maximum Gasteiger partial charge on any atom is 0.401 e. The molecule has 3 nitrogen and oxygen atoms in total. The van der Waals surface area contributed by atoms with Crippen molar-refractivity contribution in [3.05, 3.63) is 35.9 Å². The lowest BCUT2D eigenvalue weighted by molar-refractivity contribution is -0.151. The standard InChI is InChI=1S/C18H24F3NO2/c1-2-16(15-6-4-3-5-7-15)17(23)24-12-14-8-10-22(11-9-14)13-18(19,20)21/h3-7,14,16H,2,8-13H2,1H3. The fourth-order valence-corrected chi connectivity index (χ4v) is 3.09. The molecule has 0 bridgehead atoms. The molecule has 1 aliphatic rings. The van der Waals surface area contributed by atoms with E-state index >= 15 is 0 Å². The third kappa shape index (κ3) is 5.82. The first kappa shape index (κ1) is 18.8. The van der Waals surface area contributed by atoms with E-state index in [4.69, 9.17) is 4.74 Å². The smallest absolute Gasteiger partial charge is 0.401 e. The van der Waals surface area contributed by atoms with Crippen LogP contribution in [0.2, 0.25) is 0 Å². The summed E-state index contributed by atoms with van der Waals surface area (Å²) in [6.45, 7) is 2.18. The van der Waals surface area contributed by atoms with Crippen molar-refractivity contribution in [2.24, 2.45) is 5.92 Å². The summed E-state index contributed by atoms with van der Waals surface area (Å²) >= 11 is 0. The number of rotatable bonds is 6. The molecule has 6 heteroatoms. The van der Waals surface area contributed by atoms with Crippen LogP contribution in [-0.2, 0) is 9.53 Å². The molecule has 24 heavy (non-hydrogen) atoms. The molecule has 1 aliphatic heterocycles. The molecule has 0 amide bonds. The molecular formula is C18H24F3NO2. The lowest BCUT2D eigenvalue weighted by atomic mass is 9.96. The molecule has 2 rings (SSSR count). The van der Waals surface area contributed by atoms with Crippen LogP contribution in [0, 0.1) is 5.92 Å². The summed E-state index contributed by atoms with van der Waals surface area (Å²) in [6.07, 6.45) is -2.23. The van der Waals surface area contributed by atoms with Gasteiger partial charge in [0.25, 0.3) is 0 Å². The molecule has 0 aromatic heterocycles. The number of halogens is 3. The Labute approximate surface area is 140 Å². The molecule has 1 atom stereocenters. The number of ether oxygens (including phenoxy) is 1. The zero-order valence-electron chi connectivity index (χ0n) is 13.9. The van der Waals surface area contributed by atoms with Gasteiger partial charge in [-0.1, -0.05) is 37.3 Å². The van der Waals surface area contributed by atoms with Crippen LogP contribution in [0.4, 0.5) is 13.2 Å². The van der Waals surface area contributed by atoms with Gasteiger partial charge in [-0.05, 0) is 43.8 Å². The molecule has 1 saturated heterocycles. The highest BCUT2D eigenvalue weighted by Gasteiger charge is 2.32. The monoisotopic (exact) mass is 343 g/mol. The number of hydrogen-bond acceptors (Lipinski definition) is 3. The molecule has 1 fully saturated rings. The first-order valence-electron chi connectivity index (χ1n) is 8.39. The zero-order chi connectivity index (χ0) is 17.6. The van der Waals surface area contributed by atoms with Gasteiger partial charge in [-0.2, -0.15) is 13.2 Å². The van der Waals surface area contributed by atoms with Crippen LogP contribution in [0.1, 0.15) is 37.7 Å². The second kappa shape index (κ2) is 8.51. The molecule has 134 valence electrons. The summed E-state index contributed by atoms with van der Waals surface area (Å²) in [5.41, 5.74) is 0.935. The number of esters is 1. The second-order valence-corrected chi connectivity index (χ2v) is 6.34. The highest BCUT2D eigenvalue weighted by Crippen LogP contribution is 2.24. The highest BCUT2D eigenvalue weighted by molar-refractivity contribution is 5.78. The van der Waals surface area contributed by atoms with Gasteiger partial charge >= 0.3 is 12.1 Å². The molecule has 1 unspecified atom stereocenters. The van der Waals surface area contributed by atoms with E-state index in [-0.39, 0.29) is 17.8 Å². The van der Waals surface area contributed by atoms with Crippen LogP contribution in [0.15, 0.2) is 30.3 Å². The van der Waals surface area contributed by atoms with E-state index in [1.165, 1.54) is 4.90 Å². The SMILES string of the molecule is CCC(C(=O)OCC1CCN(CC(F)(F)F)CC1)c1ccccc1. The van der Waals surface area contributed by atoms with Crippen LogP contribution >= 0.6 is 0 Å². The average Bonchev–Trinajstić information content (AvgIpc) is 2.54. The summed E-state index contributed by atoms with van der Waals surface area (Å²) < 4.78 is 42.6. The molecule has 0 aliphatic carbocycles. The number of nitrogens with zero attached hydrogens (tertiary/aromatic N) is 1. The van der Waals surface area contributed by atoms with Gasteiger partial charge in [0.2, 0.25) is 0 Å². The Hall–Kier alpha value is -1.56. The van der Waals surface area contributed by atoms with Crippen LogP contribution in [0.25, 0.3) is 0 Å². The van der Waals surface area contributed by atoms with Crippen LogP contribution < -0.4 is 0 Å². The van der Waals surface area contributed by atoms with Crippen molar-refractivity contribution < 1.29 is 22.7 Å². The summed E-state index contributed by atoms with van der Waals surface area (Å²) in [4.78, 5) is 13.7. The molecule has 0 spiro atoms. The Morgan fingerprint density at radius 3 is 2.42 bits per heavy atom. The third-order valence-corrected chi connectivity index (χ3v) is 4.47. The minimum atomic E-state index is -4.15. The number of benzene rings is 1. The lowest BCUT2D eigenvalue weighted by Gasteiger charge is -2.32. The molecule has 0 saturated carbocycles. The molecule has 1 aromatic carbocycles. The lowest BCUT2D eigenvalue weighted by Crippen LogP contribution is -2.41. The third-order valence-electron chi connectivity index (χ3n) is 4.47. The van der Waals surface area contributed by atoms with Crippen molar-refractivity contribution in [1.82, 2.24) is 4.90 Å². The summed E-state index contributed by atoms with van der Waals surface area (Å²) in [7, 11) is 0. The predicted octanol–water partition coefficient (Wildman–Crippen LogP) is 4.00. The fourth-order valence-electron chi connectivity index (χ4n) is 3.09. The van der Waals surface area contributed by atoms with E-state index in [1.807, 2.05) is 37.3 Å². The van der Waals surface area contributed by atoms with Crippen molar-refractivity contribution in [2.45, 2.75) is 38.3 Å². The van der Waals surface area contributed by atoms with Crippen molar-refractivity contribution in [2.75, 3.05) is 26.2 Å². The summed E-state index contributed by atoms with van der Waals surface area (Å²) in [5, 5.41) is 0. The average molecular weight is 343 g/mol. The maximum atomic E-state index is 12.4. The van der Waals surface area contributed by atoms with Gasteiger partial charge in [0.1, 0.15) is 0 Å². The van der Waals surface area contributed by atoms with Gasteiger partial charge < -0.3 is 4.74 Å². The number of likely N-dealkylation sites (tertiary alicyclic amines) is 1. The molecule has 0 radical (unpaired) electrons. The summed E-state index contributed by atoms with van der Waals surface area (Å²) in [6, 6.07) is 9.50. The number of hydrogen-bond donors (Lipinski definition) is 0. The highest BCUT2D eigenvalue weighted by atomic mass is 19.4. The molecule has 1 aromatic rings. The van der Waals surface area contributed by atoms with Crippen molar-refractivity contribution in [3.63, 3.8) is 0 Å². The van der Waals surface area contributed by atoms with Crippen molar-refractivity contribution in [3.8, 4) is 0 Å². The Kier molecular flexibility index (Phi) is 6.66. The van der Waals surface area contributed by atoms with E-state index < -0.39 is 12.7 Å². The van der Waals surface area contributed by atoms with Crippen LogP contribution in [0.3, 0.4) is 0 Å². The Morgan fingerprint density at radius 1 is 1.25 bits per heavy atom. The number of alkyl halides is 3. The minimum Gasteiger partial charge on any atom is -0.465 e. The van der Waals surface area contributed by atoms with E-state index in [9.17, 15) is 18.0 Å². The Balaban J connectivity index is 1.76. The van der Waals surface area contributed by atoms with E-state index in [0.717, 1.165) is 5.56 Å². The maximum absolute atomic E-state index is 12.4. The number of piperidine rings is 1. The van der Waals surface area contributed by atoms with Crippen LogP contribution in [0.5, 0.6) is 0 Å². The van der Waals surface area contributed by atoms with Gasteiger partial charge in [-0.25, -0.2) is 0 Å². The quantitative estimate of drug-likeness (QED) is 0.731. The number of carbonyl (C=O) groups excluding carboxylic acids is 1. The van der Waals surface area contributed by atoms with E-state index in [0.29, 0.717) is 39.0 Å². The van der Waals surface area contributed by atoms with Crippen molar-refractivity contribution in [1.29, 1.82) is 0 Å². The van der Waals surface area contributed by atoms with Crippen molar-refractivity contribution >= 4 is 5.97 Å². The number of carbonyl (C=O) groups is 1. The topological polar surface area (TPSA) is 29.5 Å². The normalized spacial score (nSPS) is 18.3. The Bertz CT molecular complexity index is 511. The minimum absolute atomic E-state index is 0.145. The summed E-state index contributed by atoms with van der Waals surface area (Å²) in [5.74, 6) is -0.385. The predicted molar refractivity (Wildman–Crippen MR) is 85.7 cm³/mol. The van der Waals surface area contributed by atoms with Gasteiger partial charge in [0.05, 0.1) is 19.1 Å². The van der Waals surface area contributed by atoms with Gasteiger partial charge in [0, 0.05) is 0 Å².